The zero-order valence-corrected chi connectivity index (χ0v) is 42.9. The minimum atomic E-state index is -0.255. The van der Waals surface area contributed by atoms with E-state index in [9.17, 15) is 0 Å². The van der Waals surface area contributed by atoms with Crippen LogP contribution in [0.25, 0.3) is 38.8 Å². The molecule has 3 heterocycles. The van der Waals surface area contributed by atoms with Crippen LogP contribution in [0.5, 0.6) is 11.5 Å². The average molecular weight is 1090 g/mol. The van der Waals surface area contributed by atoms with Gasteiger partial charge in [0.15, 0.2) is 0 Å². The molecule has 0 atom stereocenters. The molecule has 0 N–H and O–H groups in total. The number of pyridine rings is 1. The zero-order chi connectivity index (χ0) is 47.5. The molecule has 6 heteroatoms. The van der Waals surface area contributed by atoms with Crippen molar-refractivity contribution in [2.75, 3.05) is 9.80 Å². The van der Waals surface area contributed by atoms with E-state index in [0.29, 0.717) is 11.5 Å². The van der Waals surface area contributed by atoms with E-state index in [1.165, 1.54) is 38.9 Å². The first-order chi connectivity index (χ1) is 33.3. The molecule has 0 unspecified atom stereocenters. The summed E-state index contributed by atoms with van der Waals surface area (Å²) in [5.74, 6) is 2.00. The van der Waals surface area contributed by atoms with Gasteiger partial charge >= 0.3 is 0 Å². The molecule has 0 bridgehead atoms. The van der Waals surface area contributed by atoms with Crippen molar-refractivity contribution in [1.29, 1.82) is 0 Å². The smallest absolute Gasteiger partial charge is 0.135 e. The van der Waals surface area contributed by atoms with Gasteiger partial charge in [-0.15, -0.1) is 48.1 Å². The summed E-state index contributed by atoms with van der Waals surface area (Å²) in [5, 5.41) is 2.21. The second-order valence-corrected chi connectivity index (χ2v) is 20.3. The van der Waals surface area contributed by atoms with Gasteiger partial charge in [-0.1, -0.05) is 175 Å². The van der Waals surface area contributed by atoms with Crippen molar-refractivity contribution in [3.8, 4) is 28.4 Å². The second-order valence-electron chi connectivity index (χ2n) is 20.3. The van der Waals surface area contributed by atoms with E-state index in [4.69, 9.17) is 9.72 Å². The van der Waals surface area contributed by atoms with Gasteiger partial charge in [0.05, 0.1) is 0 Å². The van der Waals surface area contributed by atoms with Crippen LogP contribution in [-0.4, -0.2) is 9.55 Å². The maximum atomic E-state index is 6.76. The molecule has 10 aromatic rings. The molecule has 1 aliphatic rings. The average Bonchev–Trinajstić information content (AvgIpc) is 3.93. The van der Waals surface area contributed by atoms with Gasteiger partial charge in [0.25, 0.3) is 0 Å². The number of nitrogens with zero attached hydrogens (tertiary/aromatic N) is 4. The van der Waals surface area contributed by atoms with E-state index in [0.717, 1.165) is 50.4 Å². The molecule has 11 rings (SSSR count). The van der Waals surface area contributed by atoms with Crippen molar-refractivity contribution in [1.82, 2.24) is 9.55 Å². The molecule has 0 amide bonds. The summed E-state index contributed by atoms with van der Waals surface area (Å²) < 4.78 is 9.00. The first kappa shape index (κ1) is 46.5. The van der Waals surface area contributed by atoms with Crippen LogP contribution in [0.2, 0.25) is 0 Å². The van der Waals surface area contributed by atoms with Gasteiger partial charge in [-0.25, -0.2) is 4.98 Å². The van der Waals surface area contributed by atoms with Gasteiger partial charge in [0.2, 0.25) is 0 Å². The molecule has 2 aromatic heterocycles. The fourth-order valence-electron chi connectivity index (χ4n) is 9.83. The van der Waals surface area contributed by atoms with Crippen molar-refractivity contribution < 1.29 is 25.8 Å². The van der Waals surface area contributed by atoms with Gasteiger partial charge in [0, 0.05) is 72.2 Å². The summed E-state index contributed by atoms with van der Waals surface area (Å²) in [6.45, 7) is 18.1. The van der Waals surface area contributed by atoms with Crippen LogP contribution in [0.1, 0.15) is 76.3 Å². The van der Waals surface area contributed by atoms with Crippen molar-refractivity contribution in [2.45, 2.75) is 64.7 Å². The number of para-hydroxylation sites is 2. The topological polar surface area (TPSA) is 33.5 Å². The molecular weight excluding hydrogens is 1040 g/mol. The number of fused-ring (bicyclic) bond motifs is 4. The molecule has 350 valence electrons. The van der Waals surface area contributed by atoms with Crippen molar-refractivity contribution in [2.24, 2.45) is 0 Å². The Labute approximate surface area is 427 Å². The predicted molar refractivity (Wildman–Crippen MR) is 286 cm³/mol. The molecular formula is C64H55N4OPt-3. The minimum absolute atomic E-state index is 0. The molecule has 0 spiro atoms. The van der Waals surface area contributed by atoms with Crippen LogP contribution in [0, 0.1) is 18.8 Å². The largest absolute Gasteiger partial charge is 0.509 e. The van der Waals surface area contributed by atoms with Crippen LogP contribution < -0.4 is 14.5 Å². The van der Waals surface area contributed by atoms with Crippen LogP contribution in [-0.2, 0) is 37.3 Å². The van der Waals surface area contributed by atoms with Crippen molar-refractivity contribution in [3.05, 3.63) is 247 Å². The molecule has 1 aliphatic heterocycles. The van der Waals surface area contributed by atoms with Gasteiger partial charge in [-0.2, -0.15) is 12.1 Å². The van der Waals surface area contributed by atoms with Crippen LogP contribution in [0.4, 0.5) is 22.7 Å². The Morgan fingerprint density at radius 2 is 1.09 bits per heavy atom. The number of hydrogen-bond donors (Lipinski definition) is 0. The first-order valence-corrected chi connectivity index (χ1v) is 23.9. The summed E-state index contributed by atoms with van der Waals surface area (Å²) in [6.07, 6.45) is 1.93. The maximum Gasteiger partial charge on any atom is 0.135 e. The summed E-state index contributed by atoms with van der Waals surface area (Å²) >= 11 is 0. The van der Waals surface area contributed by atoms with E-state index in [2.05, 4.69) is 258 Å². The van der Waals surface area contributed by atoms with Gasteiger partial charge < -0.3 is 19.1 Å². The summed E-state index contributed by atoms with van der Waals surface area (Å²) in [6, 6.07) is 76.4. The van der Waals surface area contributed by atoms with Gasteiger partial charge in [-0.05, 0) is 92.2 Å². The van der Waals surface area contributed by atoms with E-state index in [1.807, 2.05) is 24.4 Å². The Morgan fingerprint density at radius 1 is 0.471 bits per heavy atom. The third kappa shape index (κ3) is 8.51. The molecule has 5 nitrogen and oxygen atoms in total. The number of benzene rings is 8. The molecule has 70 heavy (non-hydrogen) atoms. The molecule has 0 saturated heterocycles. The monoisotopic (exact) mass is 1090 g/mol. The number of hydrogen-bond acceptors (Lipinski definition) is 4. The third-order valence-corrected chi connectivity index (χ3v) is 14.1. The second kappa shape index (κ2) is 18.3. The molecule has 0 aliphatic carbocycles. The number of rotatable bonds is 10. The molecule has 0 saturated carbocycles. The normalized spacial score (nSPS) is 12.8. The van der Waals surface area contributed by atoms with Crippen LogP contribution in [0.3, 0.4) is 0 Å². The predicted octanol–water partition coefficient (Wildman–Crippen LogP) is 16.6. The van der Waals surface area contributed by atoms with E-state index in [-0.39, 0.29) is 37.3 Å². The van der Waals surface area contributed by atoms with Crippen molar-refractivity contribution in [3.63, 3.8) is 0 Å². The summed E-state index contributed by atoms with van der Waals surface area (Å²) in [5.41, 5.74) is 14.1. The standard InChI is InChI=1S/C64H55N4O.Pt/c1-62(2,3)50-36-45(44-20-11-8-12-21-44)37-52(38-50)67-43-66(58-28-17-18-29-59(58)67)51-26-19-27-53(41-51)69-54-31-32-55-56-39-48(63(4,5)46-22-13-9-14-23-46)30-33-57(56)68(60(55)42-54)61-40-49(34-35-65-61)64(6,7)47-24-15-10-16-25-47;/h8-40,43H,1-7H3;/q-3;. The number of aromatic nitrogens is 2. The third-order valence-electron chi connectivity index (χ3n) is 14.1. The van der Waals surface area contributed by atoms with E-state index in [1.54, 1.807) is 0 Å². The quantitative estimate of drug-likeness (QED) is 0.128. The summed E-state index contributed by atoms with van der Waals surface area (Å²) in [7, 11) is 0. The Balaban J connectivity index is 0.00000567. The zero-order valence-electron chi connectivity index (χ0n) is 40.6. The van der Waals surface area contributed by atoms with Crippen LogP contribution in [0.15, 0.2) is 200 Å². The van der Waals surface area contributed by atoms with Gasteiger partial charge in [0.1, 0.15) is 5.82 Å². The maximum absolute atomic E-state index is 6.76. The van der Waals surface area contributed by atoms with Crippen LogP contribution >= 0.6 is 0 Å². The minimum Gasteiger partial charge on any atom is -0.509 e. The Hall–Kier alpha value is -7.20. The molecule has 0 radical (unpaired) electrons. The van der Waals surface area contributed by atoms with Gasteiger partial charge in [-0.3, -0.25) is 0 Å². The fourth-order valence-corrected chi connectivity index (χ4v) is 9.83. The van der Waals surface area contributed by atoms with Crippen molar-refractivity contribution >= 4 is 44.6 Å². The van der Waals surface area contributed by atoms with E-state index >= 15 is 0 Å². The van der Waals surface area contributed by atoms with E-state index < -0.39 is 0 Å². The summed E-state index contributed by atoms with van der Waals surface area (Å²) in [4.78, 5) is 9.53. The Kier molecular flexibility index (Phi) is 12.1. The SMILES string of the molecule is CC(C)(C)c1cc(-c2ccccc2)cc(N2[CH-]N(c3[c-]c(Oc4[c-]c5c(cc4)c4cc(C(C)(C)c6ccccc6)ccc4n5-c4cc(C(C)(C)c5ccccc5)ccn4)ccc3)c3ccccc32)c1.[Pt]. The fraction of sp³-hybridized carbons (Fsp3) is 0.156. The number of anilines is 4. The Bertz CT molecular complexity index is 3500. The first-order valence-electron chi connectivity index (χ1n) is 23.9. The molecule has 8 aromatic carbocycles. The molecule has 0 fully saturated rings. The Morgan fingerprint density at radius 3 is 1.76 bits per heavy atom. The number of ether oxygens (including phenoxy) is 1.